The van der Waals surface area contributed by atoms with E-state index in [0.717, 1.165) is 24.1 Å². The second-order valence-corrected chi connectivity index (χ2v) is 6.46. The molecule has 1 heterocycles. The number of allylic oxidation sites excluding steroid dienone is 3. The molecule has 1 aliphatic heterocycles. The van der Waals surface area contributed by atoms with Crippen LogP contribution in [0.3, 0.4) is 0 Å². The van der Waals surface area contributed by atoms with Gasteiger partial charge >= 0.3 is 0 Å². The fourth-order valence-corrected chi connectivity index (χ4v) is 3.13. The van der Waals surface area contributed by atoms with Gasteiger partial charge in [0, 0.05) is 11.6 Å². The molecule has 1 aromatic carbocycles. The number of hydrazine groups is 1. The van der Waals surface area contributed by atoms with Gasteiger partial charge in [0.1, 0.15) is 6.04 Å². The van der Waals surface area contributed by atoms with E-state index in [9.17, 15) is 4.79 Å². The van der Waals surface area contributed by atoms with Gasteiger partial charge in [-0.1, -0.05) is 42.5 Å². The summed E-state index contributed by atoms with van der Waals surface area (Å²) in [5.74, 6) is 0.248. The van der Waals surface area contributed by atoms with Gasteiger partial charge in [0.2, 0.25) is 5.91 Å². The Balaban J connectivity index is 1.72. The normalized spacial score (nSPS) is 24.0. The summed E-state index contributed by atoms with van der Waals surface area (Å²) in [6, 6.07) is 9.84. The summed E-state index contributed by atoms with van der Waals surface area (Å²) in [5, 5.41) is 3.18. The van der Waals surface area contributed by atoms with Crippen molar-refractivity contribution in [3.63, 3.8) is 0 Å². The van der Waals surface area contributed by atoms with Crippen LogP contribution in [0, 0.1) is 5.92 Å². The molecule has 0 spiro atoms. The first-order valence-corrected chi connectivity index (χ1v) is 7.84. The average molecular weight is 297 g/mol. The van der Waals surface area contributed by atoms with E-state index in [0.29, 0.717) is 0 Å². The van der Waals surface area contributed by atoms with Gasteiger partial charge in [-0.2, -0.15) is 0 Å². The van der Waals surface area contributed by atoms with Crippen molar-refractivity contribution in [2.75, 3.05) is 0 Å². The summed E-state index contributed by atoms with van der Waals surface area (Å²) in [5.41, 5.74) is 8.10. The molecule has 4 nitrogen and oxygen atoms in total. The van der Waals surface area contributed by atoms with Gasteiger partial charge in [0.15, 0.2) is 0 Å². The van der Waals surface area contributed by atoms with Crippen molar-refractivity contribution >= 4 is 5.91 Å². The molecule has 1 aromatic rings. The predicted molar refractivity (Wildman–Crippen MR) is 87.6 cm³/mol. The van der Waals surface area contributed by atoms with Crippen molar-refractivity contribution in [2.45, 2.75) is 38.3 Å². The van der Waals surface area contributed by atoms with Crippen molar-refractivity contribution in [1.29, 1.82) is 0 Å². The summed E-state index contributed by atoms with van der Waals surface area (Å²) in [6.07, 6.45) is 8.24. The third kappa shape index (κ3) is 2.92. The van der Waals surface area contributed by atoms with Crippen molar-refractivity contribution in [2.24, 2.45) is 5.92 Å². The lowest BCUT2D eigenvalue weighted by Gasteiger charge is -2.29. The highest BCUT2D eigenvalue weighted by atomic mass is 16.2. The lowest BCUT2D eigenvalue weighted by molar-refractivity contribution is -0.125. The maximum Gasteiger partial charge on any atom is 0.240 e. The van der Waals surface area contributed by atoms with E-state index < -0.39 is 5.54 Å². The number of rotatable bonds is 3. The number of hydrogen-bond donors (Lipinski definition) is 3. The number of amides is 1. The Hall–Kier alpha value is -2.07. The van der Waals surface area contributed by atoms with Crippen LogP contribution in [0.25, 0.3) is 0 Å². The lowest BCUT2D eigenvalue weighted by Crippen LogP contribution is -2.51. The van der Waals surface area contributed by atoms with E-state index in [-0.39, 0.29) is 17.9 Å². The van der Waals surface area contributed by atoms with Crippen LogP contribution in [0.1, 0.15) is 32.3 Å². The number of carbonyl (C=O) groups is 1. The van der Waals surface area contributed by atoms with E-state index in [1.807, 2.05) is 44.2 Å². The van der Waals surface area contributed by atoms with E-state index in [2.05, 4.69) is 34.4 Å². The molecule has 0 aromatic heterocycles. The molecule has 3 rings (SSSR count). The minimum atomic E-state index is -0.393. The number of nitrogens with one attached hydrogen (secondary N) is 3. The Morgan fingerprint density at radius 3 is 2.82 bits per heavy atom. The monoisotopic (exact) mass is 297 g/mol. The molecule has 1 amide bonds. The maximum atomic E-state index is 12.7. The van der Waals surface area contributed by atoms with Gasteiger partial charge in [-0.25, -0.2) is 5.43 Å². The van der Waals surface area contributed by atoms with Gasteiger partial charge in [-0.15, -0.1) is 0 Å². The summed E-state index contributed by atoms with van der Waals surface area (Å²) in [7, 11) is 0. The third-order valence-corrected chi connectivity index (χ3v) is 4.44. The second-order valence-electron chi connectivity index (χ2n) is 6.46. The van der Waals surface area contributed by atoms with Crippen molar-refractivity contribution in [3.8, 4) is 0 Å². The average Bonchev–Trinajstić information content (AvgIpc) is 2.77. The van der Waals surface area contributed by atoms with Crippen LogP contribution in [0.5, 0.6) is 0 Å². The molecule has 22 heavy (non-hydrogen) atoms. The molecule has 2 aliphatic rings. The molecule has 2 unspecified atom stereocenters. The van der Waals surface area contributed by atoms with Crippen LogP contribution in [0.15, 0.2) is 54.3 Å². The molecular formula is C18H23N3O. The minimum absolute atomic E-state index is 0.0386. The standard InChI is InChI=1S/C18H23N3O/c1-18(2,13-9-5-3-6-10-13)19-17(22)16-14-11-7-4-8-12-15(14)20-21-16/h3-6,8-10,12,14,16,20-21H,7,11H2,1-2H3,(H,19,22). The molecule has 1 fully saturated rings. The zero-order chi connectivity index (χ0) is 15.6. The van der Waals surface area contributed by atoms with Gasteiger partial charge in [0.05, 0.1) is 5.54 Å². The van der Waals surface area contributed by atoms with Crippen molar-refractivity contribution < 1.29 is 4.79 Å². The molecule has 3 N–H and O–H groups in total. The Kier molecular flexibility index (Phi) is 4.03. The number of benzene rings is 1. The first-order valence-electron chi connectivity index (χ1n) is 7.84. The highest BCUT2D eigenvalue weighted by molar-refractivity contribution is 5.84. The lowest BCUT2D eigenvalue weighted by atomic mass is 9.90. The number of fused-ring (bicyclic) bond motifs is 1. The molecule has 116 valence electrons. The van der Waals surface area contributed by atoms with Gasteiger partial charge < -0.3 is 10.7 Å². The molecule has 0 saturated carbocycles. The maximum absolute atomic E-state index is 12.7. The molecule has 1 saturated heterocycles. The first-order chi connectivity index (χ1) is 10.6. The molecular weight excluding hydrogens is 274 g/mol. The van der Waals surface area contributed by atoms with Gasteiger partial charge in [-0.05, 0) is 38.3 Å². The zero-order valence-corrected chi connectivity index (χ0v) is 13.1. The Bertz CT molecular complexity index is 604. The molecule has 2 atom stereocenters. The minimum Gasteiger partial charge on any atom is -0.346 e. The van der Waals surface area contributed by atoms with E-state index in [4.69, 9.17) is 0 Å². The predicted octanol–water partition coefficient (Wildman–Crippen LogP) is 2.36. The largest absolute Gasteiger partial charge is 0.346 e. The van der Waals surface area contributed by atoms with E-state index >= 15 is 0 Å². The topological polar surface area (TPSA) is 53.2 Å². The molecule has 0 radical (unpaired) electrons. The first kappa shape index (κ1) is 14.9. The highest BCUT2D eigenvalue weighted by Crippen LogP contribution is 2.27. The van der Waals surface area contributed by atoms with Crippen molar-refractivity contribution in [3.05, 3.63) is 59.8 Å². The van der Waals surface area contributed by atoms with Gasteiger partial charge in [0.25, 0.3) is 0 Å². The van der Waals surface area contributed by atoms with Crippen LogP contribution < -0.4 is 16.2 Å². The van der Waals surface area contributed by atoms with Gasteiger partial charge in [-0.3, -0.25) is 4.79 Å². The van der Waals surface area contributed by atoms with E-state index in [1.54, 1.807) is 0 Å². The molecule has 4 heteroatoms. The van der Waals surface area contributed by atoms with Crippen LogP contribution in [0.2, 0.25) is 0 Å². The summed E-state index contributed by atoms with van der Waals surface area (Å²) in [6.45, 7) is 4.07. The number of carbonyl (C=O) groups excluding carboxylic acids is 1. The van der Waals surface area contributed by atoms with Crippen molar-refractivity contribution in [1.82, 2.24) is 16.2 Å². The summed E-state index contributed by atoms with van der Waals surface area (Å²) >= 11 is 0. The van der Waals surface area contributed by atoms with E-state index in [1.165, 1.54) is 0 Å². The van der Waals surface area contributed by atoms with Crippen LogP contribution in [0.4, 0.5) is 0 Å². The quantitative estimate of drug-likeness (QED) is 0.803. The third-order valence-electron chi connectivity index (χ3n) is 4.44. The number of hydrogen-bond acceptors (Lipinski definition) is 3. The fourth-order valence-electron chi connectivity index (χ4n) is 3.13. The van der Waals surface area contributed by atoms with Crippen LogP contribution in [-0.4, -0.2) is 11.9 Å². The zero-order valence-electron chi connectivity index (χ0n) is 13.1. The van der Waals surface area contributed by atoms with Crippen LogP contribution >= 0.6 is 0 Å². The van der Waals surface area contributed by atoms with Crippen LogP contribution in [-0.2, 0) is 10.3 Å². The molecule has 0 bridgehead atoms. The Labute approximate surface area is 131 Å². The SMILES string of the molecule is CC(C)(NC(=O)C1NNC2=CC=CCCC21)c1ccccc1. The Morgan fingerprint density at radius 2 is 2.05 bits per heavy atom. The summed E-state index contributed by atoms with van der Waals surface area (Å²) in [4.78, 5) is 12.7. The fraction of sp³-hybridized carbons (Fsp3) is 0.389. The smallest absolute Gasteiger partial charge is 0.240 e. The highest BCUT2D eigenvalue weighted by Gasteiger charge is 2.38. The second kappa shape index (κ2) is 5.97. The molecule has 1 aliphatic carbocycles. The Morgan fingerprint density at radius 1 is 1.27 bits per heavy atom. The summed E-state index contributed by atoms with van der Waals surface area (Å²) < 4.78 is 0.